The lowest BCUT2D eigenvalue weighted by Gasteiger charge is -2.25. The summed E-state index contributed by atoms with van der Waals surface area (Å²) in [5.41, 5.74) is 5.76. The van der Waals surface area contributed by atoms with Crippen molar-refractivity contribution in [3.8, 4) is 5.75 Å². The molecule has 0 aliphatic carbocycles. The van der Waals surface area contributed by atoms with E-state index in [1.807, 2.05) is 58.9 Å². The predicted octanol–water partition coefficient (Wildman–Crippen LogP) is 2.88. The molecular weight excluding hydrogens is 396 g/mol. The fourth-order valence-electron chi connectivity index (χ4n) is 3.14. The van der Waals surface area contributed by atoms with Gasteiger partial charge in [-0.25, -0.2) is 4.79 Å². The van der Waals surface area contributed by atoms with E-state index in [2.05, 4.69) is 4.98 Å². The summed E-state index contributed by atoms with van der Waals surface area (Å²) in [6.45, 7) is 10.8. The summed E-state index contributed by atoms with van der Waals surface area (Å²) in [6, 6.07) is 7.32. The van der Waals surface area contributed by atoms with Crippen molar-refractivity contribution in [1.82, 2.24) is 9.55 Å². The molecule has 0 aliphatic rings. The zero-order valence-corrected chi connectivity index (χ0v) is 18.8. The summed E-state index contributed by atoms with van der Waals surface area (Å²) in [5.74, 6) is 0.555. The molecule has 1 aromatic carbocycles. The second-order valence-electron chi connectivity index (χ2n) is 8.18. The molecule has 0 spiro atoms. The van der Waals surface area contributed by atoms with Gasteiger partial charge in [-0.15, -0.1) is 0 Å². The number of hydrogen-bond donors (Lipinski definition) is 2. The van der Waals surface area contributed by atoms with Crippen LogP contribution in [0.2, 0.25) is 0 Å². The molecule has 1 aromatic heterocycles. The topological polar surface area (TPSA) is 110 Å². The van der Waals surface area contributed by atoms with Crippen molar-refractivity contribution in [2.75, 3.05) is 23.8 Å². The molecule has 8 nitrogen and oxygen atoms in total. The van der Waals surface area contributed by atoms with E-state index in [1.165, 1.54) is 15.5 Å². The highest BCUT2D eigenvalue weighted by atomic mass is 16.5. The summed E-state index contributed by atoms with van der Waals surface area (Å²) in [5, 5.41) is 0. The second-order valence-corrected chi connectivity index (χ2v) is 8.18. The number of amides is 1. The van der Waals surface area contributed by atoms with Crippen LogP contribution in [-0.2, 0) is 11.3 Å². The van der Waals surface area contributed by atoms with Gasteiger partial charge in [0.15, 0.2) is 5.69 Å². The summed E-state index contributed by atoms with van der Waals surface area (Å²) in [7, 11) is 0. The Morgan fingerprint density at radius 1 is 1.16 bits per heavy atom. The first-order valence-electron chi connectivity index (χ1n) is 10.5. The summed E-state index contributed by atoms with van der Waals surface area (Å²) >= 11 is 0. The van der Waals surface area contributed by atoms with Gasteiger partial charge in [0.25, 0.3) is 11.5 Å². The normalized spacial score (nSPS) is 11.5. The van der Waals surface area contributed by atoms with Crippen LogP contribution in [0.3, 0.4) is 0 Å². The van der Waals surface area contributed by atoms with E-state index < -0.39 is 17.2 Å². The molecule has 0 saturated carbocycles. The Labute approximate surface area is 182 Å². The van der Waals surface area contributed by atoms with E-state index in [-0.39, 0.29) is 29.9 Å². The third-order valence-electron chi connectivity index (χ3n) is 4.45. The lowest BCUT2D eigenvalue weighted by Crippen LogP contribution is -2.42. The molecule has 2 aromatic rings. The Hall–Kier alpha value is -3.29. The largest absolute Gasteiger partial charge is 0.494 e. The lowest BCUT2D eigenvalue weighted by molar-refractivity contribution is -0.114. The number of nitrogens with one attached hydrogen (secondary N) is 1. The molecule has 1 heterocycles. The van der Waals surface area contributed by atoms with Crippen molar-refractivity contribution in [1.29, 1.82) is 0 Å². The van der Waals surface area contributed by atoms with E-state index in [0.29, 0.717) is 13.2 Å². The molecule has 0 aliphatic heterocycles. The molecule has 31 heavy (non-hydrogen) atoms. The number of aromatic nitrogens is 2. The van der Waals surface area contributed by atoms with Crippen LogP contribution in [0.5, 0.6) is 5.75 Å². The molecule has 0 bridgehead atoms. The van der Waals surface area contributed by atoms with Crippen molar-refractivity contribution >= 4 is 23.5 Å². The molecule has 0 radical (unpaired) electrons. The number of anilines is 2. The standard InChI is InChI=1S/C23H32N4O4/c1-6-31-18-10-7-17(8-11-18)9-12-19(28)26(13-15(2)3)20-21(24)27(14-16(4)5)23(30)25-22(20)29/h7-12,15-16H,6,13-14,24H2,1-5H3,(H,25,29,30)/b12-9+. The first kappa shape index (κ1) is 24.0. The van der Waals surface area contributed by atoms with E-state index in [9.17, 15) is 14.4 Å². The highest BCUT2D eigenvalue weighted by Crippen LogP contribution is 2.20. The van der Waals surface area contributed by atoms with Crippen LogP contribution in [0.1, 0.15) is 40.2 Å². The van der Waals surface area contributed by atoms with Crippen LogP contribution in [0, 0.1) is 11.8 Å². The summed E-state index contributed by atoms with van der Waals surface area (Å²) in [4.78, 5) is 41.6. The monoisotopic (exact) mass is 428 g/mol. The van der Waals surface area contributed by atoms with Crippen molar-refractivity contribution in [2.24, 2.45) is 11.8 Å². The van der Waals surface area contributed by atoms with Gasteiger partial charge < -0.3 is 15.4 Å². The highest BCUT2D eigenvalue weighted by molar-refractivity contribution is 6.05. The van der Waals surface area contributed by atoms with Gasteiger partial charge in [-0.2, -0.15) is 0 Å². The average molecular weight is 429 g/mol. The van der Waals surface area contributed by atoms with Gasteiger partial charge in [-0.1, -0.05) is 39.8 Å². The SMILES string of the molecule is CCOc1ccc(/C=C/C(=O)N(CC(C)C)c2c(N)n(CC(C)C)c(=O)[nH]c2=O)cc1. The van der Waals surface area contributed by atoms with E-state index in [0.717, 1.165) is 11.3 Å². The van der Waals surface area contributed by atoms with Crippen LogP contribution in [0.15, 0.2) is 39.9 Å². The molecule has 0 unspecified atom stereocenters. The molecular formula is C23H32N4O4. The van der Waals surface area contributed by atoms with Gasteiger partial charge in [-0.05, 0) is 42.5 Å². The lowest BCUT2D eigenvalue weighted by atomic mass is 10.1. The highest BCUT2D eigenvalue weighted by Gasteiger charge is 2.24. The molecule has 1 amide bonds. The zero-order chi connectivity index (χ0) is 23.1. The maximum absolute atomic E-state index is 13.1. The van der Waals surface area contributed by atoms with Gasteiger partial charge in [0.1, 0.15) is 11.6 Å². The Balaban J connectivity index is 2.42. The molecule has 0 fully saturated rings. The first-order valence-corrected chi connectivity index (χ1v) is 10.5. The van der Waals surface area contributed by atoms with Crippen molar-refractivity contribution < 1.29 is 9.53 Å². The number of nitrogen functional groups attached to an aromatic ring is 1. The first-order chi connectivity index (χ1) is 14.6. The molecule has 0 saturated heterocycles. The van der Waals surface area contributed by atoms with Gasteiger partial charge in [-0.3, -0.25) is 19.1 Å². The Morgan fingerprint density at radius 3 is 2.35 bits per heavy atom. The molecule has 3 N–H and O–H groups in total. The summed E-state index contributed by atoms with van der Waals surface area (Å²) < 4.78 is 6.73. The number of carbonyl (C=O) groups excluding carboxylic acids is 1. The average Bonchev–Trinajstić information content (AvgIpc) is 2.69. The van der Waals surface area contributed by atoms with Crippen LogP contribution in [0.4, 0.5) is 11.5 Å². The van der Waals surface area contributed by atoms with Crippen LogP contribution in [-0.4, -0.2) is 28.6 Å². The minimum absolute atomic E-state index is 0.00436. The van der Waals surface area contributed by atoms with Crippen molar-refractivity contribution in [3.05, 3.63) is 56.7 Å². The Kier molecular flexibility index (Phi) is 8.24. The number of hydrogen-bond acceptors (Lipinski definition) is 5. The maximum Gasteiger partial charge on any atom is 0.330 e. The van der Waals surface area contributed by atoms with Crippen LogP contribution >= 0.6 is 0 Å². The number of rotatable bonds is 9. The van der Waals surface area contributed by atoms with Crippen molar-refractivity contribution in [2.45, 2.75) is 41.2 Å². The maximum atomic E-state index is 13.1. The molecule has 8 heteroatoms. The third kappa shape index (κ3) is 6.34. The van der Waals surface area contributed by atoms with E-state index >= 15 is 0 Å². The molecule has 2 rings (SSSR count). The smallest absolute Gasteiger partial charge is 0.330 e. The Morgan fingerprint density at radius 2 is 1.81 bits per heavy atom. The summed E-state index contributed by atoms with van der Waals surface area (Å²) in [6.07, 6.45) is 3.06. The fourth-order valence-corrected chi connectivity index (χ4v) is 3.14. The van der Waals surface area contributed by atoms with E-state index in [4.69, 9.17) is 10.5 Å². The number of ether oxygens (including phenoxy) is 1. The number of nitrogens with zero attached hydrogens (tertiary/aromatic N) is 2. The number of aromatic amines is 1. The predicted molar refractivity (Wildman–Crippen MR) is 124 cm³/mol. The number of H-pyrrole nitrogens is 1. The molecule has 168 valence electrons. The van der Waals surface area contributed by atoms with Crippen LogP contribution < -0.4 is 26.6 Å². The van der Waals surface area contributed by atoms with Gasteiger partial charge in [0, 0.05) is 19.2 Å². The minimum atomic E-state index is -0.675. The van der Waals surface area contributed by atoms with Gasteiger partial charge in [0.05, 0.1) is 6.61 Å². The minimum Gasteiger partial charge on any atom is -0.494 e. The quantitative estimate of drug-likeness (QED) is 0.597. The van der Waals surface area contributed by atoms with E-state index in [1.54, 1.807) is 6.08 Å². The second kappa shape index (κ2) is 10.7. The third-order valence-corrected chi connectivity index (χ3v) is 4.45. The Bertz CT molecular complexity index is 1030. The van der Waals surface area contributed by atoms with Gasteiger partial charge in [0.2, 0.25) is 0 Å². The zero-order valence-electron chi connectivity index (χ0n) is 18.8. The number of nitrogens with two attached hydrogens (primary N) is 1. The van der Waals surface area contributed by atoms with Gasteiger partial charge >= 0.3 is 5.69 Å². The van der Waals surface area contributed by atoms with Crippen LogP contribution in [0.25, 0.3) is 6.08 Å². The fraction of sp³-hybridized carbons (Fsp3) is 0.435. The molecule has 0 atom stereocenters. The van der Waals surface area contributed by atoms with Crippen molar-refractivity contribution in [3.63, 3.8) is 0 Å². The number of carbonyl (C=O) groups is 1. The number of benzene rings is 1.